The smallest absolute Gasteiger partial charge is 0.172 e. The van der Waals surface area contributed by atoms with Gasteiger partial charge in [-0.15, -0.1) is 0 Å². The number of methoxy groups -OCH3 is 1. The van der Waals surface area contributed by atoms with E-state index in [1.165, 1.54) is 32.3 Å². The molecular weight excluding hydrogens is 404 g/mol. The second-order valence-electron chi connectivity index (χ2n) is 8.42. The minimum absolute atomic E-state index is 0.928. The van der Waals surface area contributed by atoms with Crippen LogP contribution in [0.2, 0.25) is 0 Å². The highest BCUT2D eigenvalue weighted by Crippen LogP contribution is 2.24. The van der Waals surface area contributed by atoms with E-state index in [0.29, 0.717) is 0 Å². The van der Waals surface area contributed by atoms with Gasteiger partial charge in [0, 0.05) is 0 Å². The molecule has 0 fully saturated rings. The Morgan fingerprint density at radius 2 is 1.16 bits per heavy atom. The van der Waals surface area contributed by atoms with E-state index >= 15 is 0 Å². The molecule has 0 saturated carbocycles. The van der Waals surface area contributed by atoms with Gasteiger partial charge in [0.2, 0.25) is 0 Å². The highest BCUT2D eigenvalue weighted by Gasteiger charge is 2.36. The van der Waals surface area contributed by atoms with Gasteiger partial charge in [0.15, 0.2) is 8.07 Å². The molecule has 0 aliphatic carbocycles. The fourth-order valence-corrected chi connectivity index (χ4v) is 8.61. The molecule has 4 aromatic rings. The predicted molar refractivity (Wildman–Crippen MR) is 140 cm³/mol. The molecule has 0 aliphatic heterocycles. The van der Waals surface area contributed by atoms with Crippen LogP contribution in [0.5, 0.6) is 5.75 Å². The van der Waals surface area contributed by atoms with Gasteiger partial charge in [-0.25, -0.2) is 0 Å². The molecule has 0 amide bonds. The summed E-state index contributed by atoms with van der Waals surface area (Å²) >= 11 is 0. The van der Waals surface area contributed by atoms with Gasteiger partial charge in [-0.3, -0.25) is 0 Å². The quantitative estimate of drug-likeness (QED) is 0.294. The van der Waals surface area contributed by atoms with Crippen molar-refractivity contribution in [2.24, 2.45) is 0 Å². The van der Waals surface area contributed by atoms with Crippen LogP contribution in [0.3, 0.4) is 0 Å². The lowest BCUT2D eigenvalue weighted by Crippen LogP contribution is -2.66. The number of hydrogen-bond donors (Lipinski definition) is 0. The van der Waals surface area contributed by atoms with E-state index in [9.17, 15) is 0 Å². The van der Waals surface area contributed by atoms with Crippen molar-refractivity contribution < 1.29 is 4.74 Å². The van der Waals surface area contributed by atoms with Crippen LogP contribution < -0.4 is 20.3 Å². The predicted octanol–water partition coefficient (Wildman–Crippen LogP) is 5.34. The Balaban J connectivity index is 1.99. The first-order valence-corrected chi connectivity index (χ1v) is 13.1. The first kappa shape index (κ1) is 21.9. The van der Waals surface area contributed by atoms with Crippen LogP contribution in [0.25, 0.3) is 6.08 Å². The van der Waals surface area contributed by atoms with Crippen LogP contribution in [0.1, 0.15) is 22.3 Å². The van der Waals surface area contributed by atoms with Crippen molar-refractivity contribution in [3.8, 4) is 5.75 Å². The molecule has 1 nitrogen and oxygen atoms in total. The zero-order chi connectivity index (χ0) is 22.6. The van der Waals surface area contributed by atoms with Gasteiger partial charge in [-0.2, -0.15) is 0 Å². The normalized spacial score (nSPS) is 11.6. The van der Waals surface area contributed by atoms with Gasteiger partial charge in [0.1, 0.15) is 5.75 Å². The minimum Gasteiger partial charge on any atom is -0.496 e. The largest absolute Gasteiger partial charge is 0.496 e. The van der Waals surface area contributed by atoms with Crippen molar-refractivity contribution in [1.82, 2.24) is 0 Å². The summed E-state index contributed by atoms with van der Waals surface area (Å²) in [7, 11) is -0.675. The standard InChI is InChI=1S/C30H30OSi/c1-23-15-17-29(18-16-23)32(27-11-7-5-8-12-27,28-13-9-6-10-14-28)20-19-26-22-30(31-4)25(3)21-24(26)2/h5-22H,1-4H3/b20-19+. The van der Waals surface area contributed by atoms with Crippen LogP contribution in [-0.2, 0) is 0 Å². The second-order valence-corrected chi connectivity index (χ2v) is 12.1. The highest BCUT2D eigenvalue weighted by atomic mass is 28.3. The van der Waals surface area contributed by atoms with Gasteiger partial charge in [-0.05, 0) is 59.1 Å². The molecule has 0 heterocycles. The van der Waals surface area contributed by atoms with Crippen molar-refractivity contribution in [2.45, 2.75) is 20.8 Å². The Hall–Kier alpha value is -3.36. The molecule has 4 aromatic carbocycles. The zero-order valence-electron chi connectivity index (χ0n) is 19.3. The summed E-state index contributed by atoms with van der Waals surface area (Å²) in [6.07, 6.45) is 2.31. The van der Waals surface area contributed by atoms with E-state index in [4.69, 9.17) is 4.74 Å². The molecule has 32 heavy (non-hydrogen) atoms. The molecule has 0 unspecified atom stereocenters. The zero-order valence-corrected chi connectivity index (χ0v) is 20.3. The topological polar surface area (TPSA) is 9.23 Å². The lowest BCUT2D eigenvalue weighted by molar-refractivity contribution is 0.411. The Bertz CT molecular complexity index is 1170. The summed E-state index contributed by atoms with van der Waals surface area (Å²) in [5.41, 5.74) is 7.38. The van der Waals surface area contributed by atoms with Gasteiger partial charge in [0.25, 0.3) is 0 Å². The molecule has 0 spiro atoms. The lowest BCUT2D eigenvalue weighted by Gasteiger charge is -2.31. The van der Waals surface area contributed by atoms with Crippen LogP contribution >= 0.6 is 0 Å². The summed E-state index contributed by atoms with van der Waals surface area (Å²) < 4.78 is 5.62. The maximum absolute atomic E-state index is 5.62. The van der Waals surface area contributed by atoms with Gasteiger partial charge in [-0.1, -0.05) is 108 Å². The number of benzene rings is 4. The molecule has 0 saturated heterocycles. The SMILES string of the molecule is COc1cc(/C=C/[Si](c2ccccc2)(c2ccccc2)c2ccc(C)cc2)c(C)cc1C. The van der Waals surface area contributed by atoms with Crippen molar-refractivity contribution >= 4 is 29.7 Å². The lowest BCUT2D eigenvalue weighted by atomic mass is 10.0. The fourth-order valence-electron chi connectivity index (χ4n) is 4.47. The summed E-state index contributed by atoms with van der Waals surface area (Å²) in [4.78, 5) is 0. The molecule has 160 valence electrons. The summed E-state index contributed by atoms with van der Waals surface area (Å²) in [5.74, 6) is 0.928. The van der Waals surface area contributed by atoms with Crippen LogP contribution in [0.15, 0.2) is 103 Å². The first-order chi connectivity index (χ1) is 15.5. The van der Waals surface area contributed by atoms with E-state index in [2.05, 4.69) is 130 Å². The van der Waals surface area contributed by atoms with Crippen LogP contribution in [-0.4, -0.2) is 15.2 Å². The third kappa shape index (κ3) is 4.19. The number of aryl methyl sites for hydroxylation is 3. The van der Waals surface area contributed by atoms with E-state index in [1.54, 1.807) is 7.11 Å². The Kier molecular flexibility index (Phi) is 6.43. The van der Waals surface area contributed by atoms with Crippen molar-refractivity contribution in [3.05, 3.63) is 125 Å². The molecule has 0 N–H and O–H groups in total. The molecule has 4 rings (SSSR count). The molecule has 0 radical (unpaired) electrons. The summed E-state index contributed by atoms with van der Waals surface area (Å²) in [6, 6.07) is 35.4. The third-order valence-corrected chi connectivity index (χ3v) is 10.7. The monoisotopic (exact) mass is 434 g/mol. The Labute approximate surface area is 193 Å². The number of hydrogen-bond acceptors (Lipinski definition) is 1. The minimum atomic E-state index is -2.42. The van der Waals surface area contributed by atoms with Crippen LogP contribution in [0, 0.1) is 20.8 Å². The van der Waals surface area contributed by atoms with Gasteiger partial charge < -0.3 is 4.74 Å². The van der Waals surface area contributed by atoms with E-state index in [1.807, 2.05) is 0 Å². The Morgan fingerprint density at radius 3 is 1.69 bits per heavy atom. The molecule has 0 aliphatic rings. The molecular formula is C30H30OSi. The maximum atomic E-state index is 5.62. The Morgan fingerprint density at radius 1 is 0.625 bits per heavy atom. The molecule has 0 aromatic heterocycles. The summed E-state index contributed by atoms with van der Waals surface area (Å²) in [5, 5.41) is 4.14. The second kappa shape index (κ2) is 9.42. The van der Waals surface area contributed by atoms with Gasteiger partial charge in [0.05, 0.1) is 7.11 Å². The molecule has 2 heteroatoms. The molecule has 0 bridgehead atoms. The average molecular weight is 435 g/mol. The summed E-state index contributed by atoms with van der Waals surface area (Å²) in [6.45, 7) is 6.42. The van der Waals surface area contributed by atoms with E-state index < -0.39 is 8.07 Å². The van der Waals surface area contributed by atoms with Crippen LogP contribution in [0.4, 0.5) is 0 Å². The van der Waals surface area contributed by atoms with E-state index in [0.717, 1.165) is 11.3 Å². The third-order valence-electron chi connectivity index (χ3n) is 6.26. The molecule has 0 atom stereocenters. The average Bonchev–Trinajstić information content (AvgIpc) is 2.83. The first-order valence-electron chi connectivity index (χ1n) is 11.1. The highest BCUT2D eigenvalue weighted by molar-refractivity contribution is 7.15. The number of ether oxygens (including phenoxy) is 1. The van der Waals surface area contributed by atoms with Crippen molar-refractivity contribution in [1.29, 1.82) is 0 Å². The maximum Gasteiger partial charge on any atom is 0.172 e. The van der Waals surface area contributed by atoms with Crippen molar-refractivity contribution in [3.63, 3.8) is 0 Å². The van der Waals surface area contributed by atoms with Crippen molar-refractivity contribution in [2.75, 3.05) is 7.11 Å². The fraction of sp³-hybridized carbons (Fsp3) is 0.133. The number of rotatable bonds is 6. The van der Waals surface area contributed by atoms with Gasteiger partial charge >= 0.3 is 0 Å². The van der Waals surface area contributed by atoms with E-state index in [-0.39, 0.29) is 0 Å².